The van der Waals surface area contributed by atoms with E-state index in [2.05, 4.69) is 10.3 Å². The van der Waals surface area contributed by atoms with Gasteiger partial charge in [0.2, 0.25) is 10.0 Å². The number of imidazole rings is 1. The Morgan fingerprint density at radius 2 is 1.70 bits per heavy atom. The molecule has 4 aromatic rings. The van der Waals surface area contributed by atoms with Crippen molar-refractivity contribution in [2.45, 2.75) is 24.3 Å². The van der Waals surface area contributed by atoms with Crippen LogP contribution in [0, 0.1) is 0 Å². The molecule has 1 aliphatic heterocycles. The van der Waals surface area contributed by atoms with Crippen LogP contribution in [0.1, 0.15) is 28.8 Å². The Bertz CT molecular complexity index is 1390. The number of aromatic nitrogens is 2. The quantitative estimate of drug-likeness (QED) is 0.475. The molecule has 1 saturated heterocycles. The van der Waals surface area contributed by atoms with Crippen molar-refractivity contribution in [1.82, 2.24) is 19.0 Å². The number of rotatable bonds is 6. The topological polar surface area (TPSA) is 83.8 Å². The number of sulfonamides is 1. The van der Waals surface area contributed by atoms with E-state index in [1.165, 1.54) is 4.31 Å². The average Bonchev–Trinajstić information content (AvgIpc) is 3.53. The van der Waals surface area contributed by atoms with Gasteiger partial charge in [-0.25, -0.2) is 13.4 Å². The molecule has 0 atom stereocenters. The van der Waals surface area contributed by atoms with Gasteiger partial charge in [-0.05, 0) is 42.7 Å². The van der Waals surface area contributed by atoms with Crippen molar-refractivity contribution in [1.29, 1.82) is 0 Å². The molecule has 1 aliphatic rings. The standard InChI is InChI=1S/C25H24N4O3S/c30-25(21-12-15-28-18-23(27-24(28)16-21)20-6-2-1-3-7-20)26-17-19-8-10-22(11-9-19)33(31,32)29-13-4-5-14-29/h1-3,6-12,15-16,18H,4-5,13-14,17H2,(H,26,30). The first-order valence-electron chi connectivity index (χ1n) is 10.9. The molecule has 0 radical (unpaired) electrons. The third kappa shape index (κ3) is 4.40. The molecule has 0 bridgehead atoms. The number of carbonyl (C=O) groups is 1. The minimum absolute atomic E-state index is 0.212. The number of pyridine rings is 1. The molecule has 8 heteroatoms. The second kappa shape index (κ2) is 8.80. The smallest absolute Gasteiger partial charge is 0.251 e. The normalized spacial score (nSPS) is 14.5. The summed E-state index contributed by atoms with van der Waals surface area (Å²) in [5.41, 5.74) is 3.90. The Balaban J connectivity index is 1.26. The lowest BCUT2D eigenvalue weighted by Crippen LogP contribution is -2.28. The Labute approximate surface area is 192 Å². The van der Waals surface area contributed by atoms with Crippen LogP contribution >= 0.6 is 0 Å². The number of benzene rings is 2. The van der Waals surface area contributed by atoms with Crippen molar-refractivity contribution in [3.63, 3.8) is 0 Å². The maximum atomic E-state index is 12.7. The van der Waals surface area contributed by atoms with Crippen LogP contribution in [0.4, 0.5) is 0 Å². The SMILES string of the molecule is O=C(NCc1ccc(S(=O)(=O)N2CCCC2)cc1)c1ccn2cc(-c3ccccc3)nc2c1. The first-order chi connectivity index (χ1) is 16.0. The third-order valence-corrected chi connectivity index (χ3v) is 7.78. The Hall–Kier alpha value is -3.49. The van der Waals surface area contributed by atoms with Gasteiger partial charge in [0.05, 0.1) is 10.6 Å². The molecule has 1 amide bonds. The minimum Gasteiger partial charge on any atom is -0.348 e. The van der Waals surface area contributed by atoms with E-state index in [4.69, 9.17) is 0 Å². The molecule has 0 spiro atoms. The number of carbonyl (C=O) groups excluding carboxylic acids is 1. The lowest BCUT2D eigenvalue weighted by atomic mass is 10.2. The number of hydrogen-bond donors (Lipinski definition) is 1. The van der Waals surface area contributed by atoms with E-state index in [-0.39, 0.29) is 5.91 Å². The summed E-state index contributed by atoms with van der Waals surface area (Å²) in [4.78, 5) is 17.6. The van der Waals surface area contributed by atoms with Gasteiger partial charge in [0, 0.05) is 43.2 Å². The highest BCUT2D eigenvalue weighted by molar-refractivity contribution is 7.89. The molecule has 0 unspecified atom stereocenters. The predicted molar refractivity (Wildman–Crippen MR) is 126 cm³/mol. The lowest BCUT2D eigenvalue weighted by Gasteiger charge is -2.15. The number of hydrogen-bond acceptors (Lipinski definition) is 4. The second-order valence-corrected chi connectivity index (χ2v) is 10.0. The number of nitrogens with one attached hydrogen (secondary N) is 1. The summed E-state index contributed by atoms with van der Waals surface area (Å²) in [5.74, 6) is -0.212. The molecule has 5 rings (SSSR count). The van der Waals surface area contributed by atoms with E-state index in [1.54, 1.807) is 36.4 Å². The van der Waals surface area contributed by atoms with Crippen LogP contribution in [0.15, 0.2) is 84.0 Å². The highest BCUT2D eigenvalue weighted by atomic mass is 32.2. The zero-order chi connectivity index (χ0) is 22.8. The molecule has 33 heavy (non-hydrogen) atoms. The lowest BCUT2D eigenvalue weighted by molar-refractivity contribution is 0.0951. The number of nitrogens with zero attached hydrogens (tertiary/aromatic N) is 3. The maximum absolute atomic E-state index is 12.7. The van der Waals surface area contributed by atoms with Crippen LogP contribution < -0.4 is 5.32 Å². The van der Waals surface area contributed by atoms with Crippen LogP contribution in [-0.2, 0) is 16.6 Å². The van der Waals surface area contributed by atoms with Crippen LogP contribution in [0.25, 0.3) is 16.9 Å². The summed E-state index contributed by atoms with van der Waals surface area (Å²) in [6.45, 7) is 1.46. The fourth-order valence-electron chi connectivity index (χ4n) is 4.01. The van der Waals surface area contributed by atoms with E-state index < -0.39 is 10.0 Å². The van der Waals surface area contributed by atoms with Crippen LogP contribution in [0.5, 0.6) is 0 Å². The average molecular weight is 461 g/mol. The Kier molecular flexibility index (Phi) is 5.70. The van der Waals surface area contributed by atoms with Gasteiger partial charge in [-0.15, -0.1) is 0 Å². The molecular weight excluding hydrogens is 436 g/mol. The van der Waals surface area contributed by atoms with Gasteiger partial charge in [0.15, 0.2) is 0 Å². The number of amides is 1. The van der Waals surface area contributed by atoms with Crippen LogP contribution in [-0.4, -0.2) is 41.1 Å². The van der Waals surface area contributed by atoms with Gasteiger partial charge in [0.1, 0.15) is 5.65 Å². The van der Waals surface area contributed by atoms with E-state index in [1.807, 2.05) is 47.1 Å². The van der Waals surface area contributed by atoms with Crippen LogP contribution in [0.2, 0.25) is 0 Å². The van der Waals surface area contributed by atoms with Gasteiger partial charge in [-0.2, -0.15) is 4.31 Å². The highest BCUT2D eigenvalue weighted by Crippen LogP contribution is 2.21. The molecule has 3 heterocycles. The van der Waals surface area contributed by atoms with Gasteiger partial charge in [0.25, 0.3) is 5.91 Å². The summed E-state index contributed by atoms with van der Waals surface area (Å²) < 4.78 is 28.7. The first-order valence-corrected chi connectivity index (χ1v) is 12.4. The fourth-order valence-corrected chi connectivity index (χ4v) is 5.53. The molecule has 0 aliphatic carbocycles. The summed E-state index contributed by atoms with van der Waals surface area (Å²) >= 11 is 0. The molecule has 2 aromatic heterocycles. The molecule has 2 aromatic carbocycles. The predicted octanol–water partition coefficient (Wildman–Crippen LogP) is 3.72. The molecule has 1 fully saturated rings. The molecule has 7 nitrogen and oxygen atoms in total. The van der Waals surface area contributed by atoms with Crippen molar-refractivity contribution in [3.8, 4) is 11.3 Å². The molecule has 0 saturated carbocycles. The van der Waals surface area contributed by atoms with Crippen molar-refractivity contribution in [2.24, 2.45) is 0 Å². The number of fused-ring (bicyclic) bond motifs is 1. The largest absolute Gasteiger partial charge is 0.348 e. The van der Waals surface area contributed by atoms with Crippen molar-refractivity contribution in [2.75, 3.05) is 13.1 Å². The summed E-state index contributed by atoms with van der Waals surface area (Å²) in [6, 6.07) is 20.1. The van der Waals surface area contributed by atoms with Crippen molar-refractivity contribution < 1.29 is 13.2 Å². The minimum atomic E-state index is -3.43. The van der Waals surface area contributed by atoms with E-state index >= 15 is 0 Å². The Morgan fingerprint density at radius 1 is 0.970 bits per heavy atom. The second-order valence-electron chi connectivity index (χ2n) is 8.11. The van der Waals surface area contributed by atoms with E-state index in [0.29, 0.717) is 35.7 Å². The summed E-state index contributed by atoms with van der Waals surface area (Å²) in [6.07, 6.45) is 5.56. The molecule has 1 N–H and O–H groups in total. The molecular formula is C25H24N4O3S. The van der Waals surface area contributed by atoms with Gasteiger partial charge in [-0.3, -0.25) is 4.79 Å². The molecule has 168 valence electrons. The van der Waals surface area contributed by atoms with Gasteiger partial charge >= 0.3 is 0 Å². The van der Waals surface area contributed by atoms with Crippen LogP contribution in [0.3, 0.4) is 0 Å². The summed E-state index contributed by atoms with van der Waals surface area (Å²) in [7, 11) is -3.43. The van der Waals surface area contributed by atoms with Gasteiger partial charge < -0.3 is 9.72 Å². The third-order valence-electron chi connectivity index (χ3n) is 5.87. The zero-order valence-corrected chi connectivity index (χ0v) is 18.8. The zero-order valence-electron chi connectivity index (χ0n) is 18.0. The maximum Gasteiger partial charge on any atom is 0.251 e. The van der Waals surface area contributed by atoms with Crippen molar-refractivity contribution >= 4 is 21.6 Å². The fraction of sp³-hybridized carbons (Fsp3) is 0.200. The monoisotopic (exact) mass is 460 g/mol. The van der Waals surface area contributed by atoms with E-state index in [9.17, 15) is 13.2 Å². The van der Waals surface area contributed by atoms with Crippen molar-refractivity contribution in [3.05, 3.63) is 90.3 Å². The summed E-state index contributed by atoms with van der Waals surface area (Å²) in [5, 5.41) is 2.90. The Morgan fingerprint density at radius 3 is 2.42 bits per heavy atom. The highest BCUT2D eigenvalue weighted by Gasteiger charge is 2.26. The van der Waals surface area contributed by atoms with Gasteiger partial charge in [-0.1, -0.05) is 42.5 Å². The first kappa shape index (κ1) is 21.4. The van der Waals surface area contributed by atoms with E-state index in [0.717, 1.165) is 29.7 Å².